The number of esters is 1. The number of rotatable bonds is 6. The average Bonchev–Trinajstić information content (AvgIpc) is 2.85. The Labute approximate surface area is 143 Å². The Kier molecular flexibility index (Phi) is 5.68. The molecule has 4 amide bonds. The lowest BCUT2D eigenvalue weighted by molar-refractivity contribution is -0.153. The van der Waals surface area contributed by atoms with Crippen LogP contribution in [-0.2, 0) is 19.1 Å². The maximum Gasteiger partial charge on any atom is 0.322 e. The smallest absolute Gasteiger partial charge is 0.322 e. The minimum absolute atomic E-state index is 0.0103. The molecule has 2 atom stereocenters. The predicted octanol–water partition coefficient (Wildman–Crippen LogP) is 0.993. The van der Waals surface area contributed by atoms with Crippen molar-refractivity contribution >= 4 is 29.5 Å². The van der Waals surface area contributed by atoms with Gasteiger partial charge in [0.2, 0.25) is 0 Å². The fourth-order valence-corrected chi connectivity index (χ4v) is 2.19. The zero-order valence-corrected chi connectivity index (χ0v) is 13.7. The first kappa shape index (κ1) is 18.4. The van der Waals surface area contributed by atoms with Crippen LogP contribution < -0.4 is 16.0 Å². The maximum absolute atomic E-state index is 13.7. The van der Waals surface area contributed by atoms with E-state index in [1.54, 1.807) is 13.0 Å². The van der Waals surface area contributed by atoms with Gasteiger partial charge < -0.3 is 15.4 Å². The van der Waals surface area contributed by atoms with Gasteiger partial charge in [0.25, 0.3) is 11.8 Å². The van der Waals surface area contributed by atoms with Crippen LogP contribution >= 0.6 is 0 Å². The summed E-state index contributed by atoms with van der Waals surface area (Å²) in [5, 5.41) is 6.74. The lowest BCUT2D eigenvalue weighted by Gasteiger charge is -2.14. The van der Waals surface area contributed by atoms with Crippen LogP contribution in [0.4, 0.5) is 14.9 Å². The van der Waals surface area contributed by atoms with Crippen LogP contribution in [0.15, 0.2) is 18.2 Å². The van der Waals surface area contributed by atoms with Gasteiger partial charge in [-0.05, 0) is 38.0 Å². The van der Waals surface area contributed by atoms with E-state index in [0.29, 0.717) is 5.56 Å². The second-order valence-electron chi connectivity index (χ2n) is 5.66. The van der Waals surface area contributed by atoms with Crippen LogP contribution in [0.25, 0.3) is 0 Å². The fourth-order valence-electron chi connectivity index (χ4n) is 2.19. The lowest BCUT2D eigenvalue weighted by atomic mass is 10.1. The molecule has 8 nitrogen and oxygen atoms in total. The van der Waals surface area contributed by atoms with Crippen molar-refractivity contribution in [3.63, 3.8) is 0 Å². The van der Waals surface area contributed by atoms with E-state index in [4.69, 9.17) is 4.74 Å². The fraction of sp³-hybridized carbons (Fsp3) is 0.375. The number of hydrogen-bond acceptors (Lipinski definition) is 5. The number of urea groups is 1. The largest absolute Gasteiger partial charge is 0.453 e. The maximum atomic E-state index is 13.7. The molecule has 0 aromatic heterocycles. The second kappa shape index (κ2) is 7.73. The Morgan fingerprint density at radius 3 is 2.68 bits per heavy atom. The van der Waals surface area contributed by atoms with Crippen LogP contribution in [0.3, 0.4) is 0 Å². The van der Waals surface area contributed by atoms with E-state index in [1.807, 2.05) is 5.32 Å². The monoisotopic (exact) mass is 351 g/mol. The molecule has 1 saturated heterocycles. The van der Waals surface area contributed by atoms with E-state index in [0.717, 1.165) is 0 Å². The summed E-state index contributed by atoms with van der Waals surface area (Å²) in [6.07, 6.45) is -1.24. The number of nitrogens with one attached hydrogen (secondary N) is 3. The third kappa shape index (κ3) is 5.00. The summed E-state index contributed by atoms with van der Waals surface area (Å²) < 4.78 is 18.7. The first-order valence-electron chi connectivity index (χ1n) is 7.64. The number of carbonyl (C=O) groups is 4. The number of anilines is 1. The molecule has 0 saturated carbocycles. The molecule has 0 aliphatic carbocycles. The van der Waals surface area contributed by atoms with Gasteiger partial charge >= 0.3 is 12.0 Å². The van der Waals surface area contributed by atoms with Crippen LogP contribution in [-0.4, -0.2) is 36.0 Å². The summed E-state index contributed by atoms with van der Waals surface area (Å²) in [5.41, 5.74) is 0.696. The number of ether oxygens (including phenoxy) is 1. The molecule has 0 radical (unpaired) electrons. The number of carbonyl (C=O) groups excluding carboxylic acids is 4. The van der Waals surface area contributed by atoms with Gasteiger partial charge in [0, 0.05) is 6.42 Å². The highest BCUT2D eigenvalue weighted by Gasteiger charge is 2.30. The second-order valence-corrected chi connectivity index (χ2v) is 5.66. The van der Waals surface area contributed by atoms with E-state index >= 15 is 0 Å². The third-order valence-corrected chi connectivity index (χ3v) is 3.56. The molecule has 0 spiro atoms. The topological polar surface area (TPSA) is 114 Å². The van der Waals surface area contributed by atoms with Gasteiger partial charge in [-0.2, -0.15) is 0 Å². The van der Waals surface area contributed by atoms with Crippen molar-refractivity contribution in [2.45, 2.75) is 38.8 Å². The minimum atomic E-state index is -1.14. The van der Waals surface area contributed by atoms with Crippen molar-refractivity contribution in [1.82, 2.24) is 10.6 Å². The normalized spacial score (nSPS) is 17.5. The number of hydrogen-bond donors (Lipinski definition) is 3. The number of halogens is 1. The quantitative estimate of drug-likeness (QED) is 0.522. The van der Waals surface area contributed by atoms with E-state index in [-0.39, 0.29) is 18.5 Å². The van der Waals surface area contributed by atoms with Crippen molar-refractivity contribution in [2.75, 3.05) is 5.32 Å². The summed E-state index contributed by atoms with van der Waals surface area (Å²) in [6.45, 7) is 3.06. The number of amides is 4. The summed E-state index contributed by atoms with van der Waals surface area (Å²) in [4.78, 5) is 46.0. The van der Waals surface area contributed by atoms with Crippen molar-refractivity contribution < 1.29 is 28.3 Å². The van der Waals surface area contributed by atoms with Crippen LogP contribution in [0, 0.1) is 12.7 Å². The summed E-state index contributed by atoms with van der Waals surface area (Å²) >= 11 is 0. The number of aryl methyl sites for hydroxylation is 1. The van der Waals surface area contributed by atoms with E-state index < -0.39 is 41.8 Å². The Morgan fingerprint density at radius 2 is 2.08 bits per heavy atom. The van der Waals surface area contributed by atoms with Crippen LogP contribution in [0.1, 0.15) is 25.3 Å². The molecule has 1 aromatic carbocycles. The van der Waals surface area contributed by atoms with E-state index in [2.05, 4.69) is 10.6 Å². The van der Waals surface area contributed by atoms with Gasteiger partial charge in [0.1, 0.15) is 11.9 Å². The molecular formula is C16H18FN3O5. The van der Waals surface area contributed by atoms with Crippen molar-refractivity contribution in [1.29, 1.82) is 0 Å². The molecule has 134 valence electrons. The molecule has 0 unspecified atom stereocenters. The van der Waals surface area contributed by atoms with Crippen LogP contribution in [0.5, 0.6) is 0 Å². The number of benzene rings is 1. The Bertz CT molecular complexity index is 722. The first-order chi connectivity index (χ1) is 11.8. The molecule has 3 N–H and O–H groups in total. The summed E-state index contributed by atoms with van der Waals surface area (Å²) in [7, 11) is 0. The molecule has 9 heteroatoms. The standard InChI is InChI=1S/C16H18FN3O5/c1-8-3-4-11(10(17)7-8)18-14(22)9(2)25-13(21)6-5-12-15(23)20-16(24)19-12/h3-4,7,9,12H,5-6H2,1-2H3,(H,18,22)(H2,19,20,23,24)/t9-,12-/m1/s1. The molecule has 25 heavy (non-hydrogen) atoms. The molecular weight excluding hydrogens is 333 g/mol. The highest BCUT2D eigenvalue weighted by molar-refractivity contribution is 6.04. The average molecular weight is 351 g/mol. The molecule has 1 aromatic rings. The SMILES string of the molecule is Cc1ccc(NC(=O)[C@@H](C)OC(=O)CC[C@H]2NC(=O)NC2=O)c(F)c1. The van der Waals surface area contributed by atoms with Gasteiger partial charge in [-0.15, -0.1) is 0 Å². The zero-order valence-electron chi connectivity index (χ0n) is 13.7. The van der Waals surface area contributed by atoms with Crippen molar-refractivity contribution in [3.8, 4) is 0 Å². The first-order valence-corrected chi connectivity index (χ1v) is 7.64. The van der Waals surface area contributed by atoms with E-state index in [1.165, 1.54) is 19.1 Å². The van der Waals surface area contributed by atoms with Gasteiger partial charge in [0.15, 0.2) is 6.10 Å². The Balaban J connectivity index is 1.80. The molecule has 1 fully saturated rings. The third-order valence-electron chi connectivity index (χ3n) is 3.56. The van der Waals surface area contributed by atoms with Gasteiger partial charge in [-0.25, -0.2) is 9.18 Å². The molecule has 0 bridgehead atoms. The zero-order chi connectivity index (χ0) is 18.6. The van der Waals surface area contributed by atoms with Crippen molar-refractivity contribution in [2.24, 2.45) is 0 Å². The van der Waals surface area contributed by atoms with Gasteiger partial charge in [-0.1, -0.05) is 6.07 Å². The summed E-state index contributed by atoms with van der Waals surface area (Å²) in [5.74, 6) is -2.49. The highest BCUT2D eigenvalue weighted by Crippen LogP contribution is 2.16. The van der Waals surface area contributed by atoms with Crippen LogP contribution in [0.2, 0.25) is 0 Å². The van der Waals surface area contributed by atoms with Gasteiger partial charge in [-0.3, -0.25) is 19.7 Å². The molecule has 1 aliphatic rings. The number of imide groups is 1. The minimum Gasteiger partial charge on any atom is -0.453 e. The summed E-state index contributed by atoms with van der Waals surface area (Å²) in [6, 6.07) is 2.91. The molecule has 1 aliphatic heterocycles. The van der Waals surface area contributed by atoms with Crippen molar-refractivity contribution in [3.05, 3.63) is 29.6 Å². The Hall–Kier alpha value is -2.97. The Morgan fingerprint density at radius 1 is 1.36 bits per heavy atom. The predicted molar refractivity (Wildman–Crippen MR) is 85.0 cm³/mol. The molecule has 2 rings (SSSR count). The lowest BCUT2D eigenvalue weighted by Crippen LogP contribution is -2.32. The van der Waals surface area contributed by atoms with E-state index in [9.17, 15) is 23.6 Å². The molecule has 1 heterocycles. The highest BCUT2D eigenvalue weighted by atomic mass is 19.1. The van der Waals surface area contributed by atoms with Gasteiger partial charge in [0.05, 0.1) is 5.69 Å².